The molecule has 2 aromatic rings. The minimum atomic E-state index is -1.12. The summed E-state index contributed by atoms with van der Waals surface area (Å²) in [5.74, 6) is 0.896. The van der Waals surface area contributed by atoms with Crippen molar-refractivity contribution in [2.24, 2.45) is 0 Å². The van der Waals surface area contributed by atoms with Gasteiger partial charge in [0.25, 0.3) is 0 Å². The molecule has 0 aliphatic heterocycles. The molecule has 2 aromatic carbocycles. The van der Waals surface area contributed by atoms with Crippen LogP contribution in [0.1, 0.15) is 15.9 Å². The molecule has 0 aromatic heterocycles. The summed E-state index contributed by atoms with van der Waals surface area (Å²) in [4.78, 5) is 21.3. The maximum absolute atomic E-state index is 10.9. The molecule has 0 unspecified atom stereocenters. The molecule has 120 valence electrons. The van der Waals surface area contributed by atoms with Crippen LogP contribution in [0.5, 0.6) is 11.5 Å². The van der Waals surface area contributed by atoms with E-state index in [1.54, 1.807) is 18.2 Å². The second kappa shape index (κ2) is 8.43. The van der Waals surface area contributed by atoms with Gasteiger partial charge in [-0.1, -0.05) is 30.3 Å². The first-order valence-electron chi connectivity index (χ1n) is 7.04. The van der Waals surface area contributed by atoms with Crippen LogP contribution in [0.25, 0.3) is 0 Å². The Morgan fingerprint density at radius 3 is 2.57 bits per heavy atom. The number of hydrogen-bond acceptors (Lipinski definition) is 4. The van der Waals surface area contributed by atoms with Gasteiger partial charge in [-0.3, -0.25) is 4.79 Å². The van der Waals surface area contributed by atoms with E-state index in [9.17, 15) is 9.59 Å². The average molecular weight is 315 g/mol. The Labute approximate surface area is 133 Å². The van der Waals surface area contributed by atoms with Gasteiger partial charge >= 0.3 is 6.09 Å². The highest BCUT2D eigenvalue weighted by Crippen LogP contribution is 2.28. The van der Waals surface area contributed by atoms with Gasteiger partial charge in [-0.05, 0) is 23.8 Å². The number of carbonyl (C=O) groups excluding carboxylic acids is 1. The van der Waals surface area contributed by atoms with Crippen LogP contribution >= 0.6 is 0 Å². The first kappa shape index (κ1) is 16.4. The number of rotatable bonds is 8. The largest absolute Gasteiger partial charge is 0.488 e. The molecule has 0 atom stereocenters. The summed E-state index contributed by atoms with van der Waals surface area (Å²) in [6.45, 7) is 0.639. The lowest BCUT2D eigenvalue weighted by Gasteiger charge is -2.13. The maximum Gasteiger partial charge on any atom is 0.404 e. The number of aldehydes is 1. The quantitative estimate of drug-likeness (QED) is 0.578. The molecule has 0 aliphatic rings. The SMILES string of the molecule is O=Cc1ccc(OCc2ccccc2)c(OCCNC(=O)O)c1. The minimum absolute atomic E-state index is 0.135. The summed E-state index contributed by atoms with van der Waals surface area (Å²) in [5.41, 5.74) is 1.46. The molecule has 0 saturated carbocycles. The predicted molar refractivity (Wildman–Crippen MR) is 84.1 cm³/mol. The molecule has 0 radical (unpaired) electrons. The van der Waals surface area contributed by atoms with Crippen molar-refractivity contribution < 1.29 is 24.2 Å². The molecule has 6 heteroatoms. The van der Waals surface area contributed by atoms with Gasteiger partial charge in [0.1, 0.15) is 19.5 Å². The Kier molecular flexibility index (Phi) is 5.99. The zero-order chi connectivity index (χ0) is 16.5. The van der Waals surface area contributed by atoms with Gasteiger partial charge in [-0.15, -0.1) is 0 Å². The number of ether oxygens (including phenoxy) is 2. The highest BCUT2D eigenvalue weighted by atomic mass is 16.5. The first-order chi connectivity index (χ1) is 11.2. The van der Waals surface area contributed by atoms with Crippen molar-refractivity contribution in [1.82, 2.24) is 5.32 Å². The van der Waals surface area contributed by atoms with Gasteiger partial charge in [0.15, 0.2) is 11.5 Å². The van der Waals surface area contributed by atoms with E-state index in [1.165, 1.54) is 0 Å². The zero-order valence-corrected chi connectivity index (χ0v) is 12.4. The lowest BCUT2D eigenvalue weighted by Crippen LogP contribution is -2.26. The van der Waals surface area contributed by atoms with Crippen LogP contribution in [-0.2, 0) is 6.61 Å². The number of carboxylic acid groups (broad SMARTS) is 1. The van der Waals surface area contributed by atoms with Crippen molar-refractivity contribution in [3.8, 4) is 11.5 Å². The van der Waals surface area contributed by atoms with E-state index in [4.69, 9.17) is 14.6 Å². The second-order valence-corrected chi connectivity index (χ2v) is 4.68. The summed E-state index contributed by atoms with van der Waals surface area (Å²) < 4.78 is 11.2. The second-order valence-electron chi connectivity index (χ2n) is 4.68. The molecular formula is C17H17NO5. The summed E-state index contributed by atoms with van der Waals surface area (Å²) in [6.07, 6.45) is -0.403. The van der Waals surface area contributed by atoms with Gasteiger partial charge in [0, 0.05) is 5.56 Å². The van der Waals surface area contributed by atoms with Gasteiger partial charge in [-0.25, -0.2) is 4.79 Å². The predicted octanol–water partition coefficient (Wildman–Crippen LogP) is 2.72. The smallest absolute Gasteiger partial charge is 0.404 e. The highest BCUT2D eigenvalue weighted by molar-refractivity contribution is 5.76. The van der Waals surface area contributed by atoms with E-state index < -0.39 is 6.09 Å². The van der Waals surface area contributed by atoms with Crippen molar-refractivity contribution >= 4 is 12.4 Å². The molecule has 2 rings (SSSR count). The van der Waals surface area contributed by atoms with Crippen LogP contribution in [0.15, 0.2) is 48.5 Å². The molecule has 2 N–H and O–H groups in total. The van der Waals surface area contributed by atoms with E-state index in [0.717, 1.165) is 5.56 Å². The third-order valence-electron chi connectivity index (χ3n) is 2.98. The van der Waals surface area contributed by atoms with Crippen molar-refractivity contribution in [1.29, 1.82) is 0 Å². The molecule has 23 heavy (non-hydrogen) atoms. The fourth-order valence-corrected chi connectivity index (χ4v) is 1.88. The van der Waals surface area contributed by atoms with Crippen LogP contribution in [0, 0.1) is 0 Å². The molecule has 0 spiro atoms. The third-order valence-corrected chi connectivity index (χ3v) is 2.98. The Morgan fingerprint density at radius 1 is 1.09 bits per heavy atom. The summed E-state index contributed by atoms with van der Waals surface area (Å²) in [5, 5.41) is 10.7. The van der Waals surface area contributed by atoms with Crippen LogP contribution in [-0.4, -0.2) is 30.6 Å². The van der Waals surface area contributed by atoms with Gasteiger partial charge in [-0.2, -0.15) is 0 Å². The maximum atomic E-state index is 10.9. The minimum Gasteiger partial charge on any atom is -0.488 e. The Morgan fingerprint density at radius 2 is 1.87 bits per heavy atom. The first-order valence-corrected chi connectivity index (χ1v) is 7.04. The monoisotopic (exact) mass is 315 g/mol. The molecule has 0 aliphatic carbocycles. The number of nitrogens with one attached hydrogen (secondary N) is 1. The van der Waals surface area contributed by atoms with Crippen molar-refractivity contribution in [2.75, 3.05) is 13.2 Å². The summed E-state index contributed by atoms with van der Waals surface area (Å²) in [7, 11) is 0. The average Bonchev–Trinajstić information content (AvgIpc) is 2.58. The van der Waals surface area contributed by atoms with Gasteiger partial charge < -0.3 is 19.9 Å². The molecule has 0 saturated heterocycles. The van der Waals surface area contributed by atoms with Gasteiger partial charge in [0.05, 0.1) is 6.54 Å². The molecule has 6 nitrogen and oxygen atoms in total. The van der Waals surface area contributed by atoms with Gasteiger partial charge in [0.2, 0.25) is 0 Å². The number of benzene rings is 2. The topological polar surface area (TPSA) is 84.9 Å². The third kappa shape index (κ3) is 5.35. The Balaban J connectivity index is 2.01. The van der Waals surface area contributed by atoms with E-state index >= 15 is 0 Å². The van der Waals surface area contributed by atoms with Crippen molar-refractivity contribution in [3.63, 3.8) is 0 Å². The van der Waals surface area contributed by atoms with Crippen LogP contribution in [0.3, 0.4) is 0 Å². The van der Waals surface area contributed by atoms with Crippen LogP contribution in [0.2, 0.25) is 0 Å². The fourth-order valence-electron chi connectivity index (χ4n) is 1.88. The van der Waals surface area contributed by atoms with E-state index in [1.807, 2.05) is 30.3 Å². The lowest BCUT2D eigenvalue weighted by molar-refractivity contribution is 0.112. The number of amides is 1. The molecule has 0 bridgehead atoms. The molecule has 0 heterocycles. The van der Waals surface area contributed by atoms with E-state index in [-0.39, 0.29) is 13.2 Å². The summed E-state index contributed by atoms with van der Waals surface area (Å²) in [6, 6.07) is 14.5. The van der Waals surface area contributed by atoms with Crippen LogP contribution in [0.4, 0.5) is 4.79 Å². The normalized spacial score (nSPS) is 9.91. The number of hydrogen-bond donors (Lipinski definition) is 2. The number of carbonyl (C=O) groups is 2. The Hall–Kier alpha value is -3.02. The molecule has 1 amide bonds. The van der Waals surface area contributed by atoms with Crippen molar-refractivity contribution in [2.45, 2.75) is 6.61 Å². The van der Waals surface area contributed by atoms with Crippen LogP contribution < -0.4 is 14.8 Å². The molecular weight excluding hydrogens is 298 g/mol. The zero-order valence-electron chi connectivity index (χ0n) is 12.4. The highest BCUT2D eigenvalue weighted by Gasteiger charge is 2.07. The van der Waals surface area contributed by atoms with Crippen molar-refractivity contribution in [3.05, 3.63) is 59.7 Å². The summed E-state index contributed by atoms with van der Waals surface area (Å²) >= 11 is 0. The molecule has 0 fully saturated rings. The Bertz CT molecular complexity index is 657. The fraction of sp³-hybridized carbons (Fsp3) is 0.176. The lowest BCUT2D eigenvalue weighted by atomic mass is 10.2. The van der Waals surface area contributed by atoms with E-state index in [2.05, 4.69) is 5.32 Å². The standard InChI is InChI=1S/C17H17NO5/c19-11-14-6-7-15(23-12-13-4-2-1-3-5-13)16(10-14)22-9-8-18-17(20)21/h1-7,10-11,18H,8-9,12H2,(H,20,21). The van der Waals surface area contributed by atoms with E-state index in [0.29, 0.717) is 30.0 Å².